The fraction of sp³-hybridized carbons (Fsp3) is 0.316. The number of nitrogens with zero attached hydrogens (tertiary/aromatic N) is 2. The van der Waals surface area contributed by atoms with Gasteiger partial charge in [-0.25, -0.2) is 4.98 Å². The predicted molar refractivity (Wildman–Crippen MR) is 106 cm³/mol. The Labute approximate surface area is 161 Å². The van der Waals surface area contributed by atoms with E-state index in [0.29, 0.717) is 11.4 Å². The number of aromatic nitrogens is 2. The number of carbonyl (C=O) groups is 1. The molecule has 0 bridgehead atoms. The molecule has 1 aromatic carbocycles. The molecule has 0 unspecified atom stereocenters. The van der Waals surface area contributed by atoms with E-state index in [2.05, 4.69) is 20.8 Å². The van der Waals surface area contributed by atoms with Crippen molar-refractivity contribution in [2.45, 2.75) is 43.8 Å². The van der Waals surface area contributed by atoms with Gasteiger partial charge in [-0.15, -0.1) is 23.1 Å². The molecule has 0 fully saturated rings. The Hall–Kier alpha value is -2.12. The van der Waals surface area contributed by atoms with Crippen molar-refractivity contribution in [3.8, 4) is 0 Å². The predicted octanol–water partition coefficient (Wildman–Crippen LogP) is 5.28. The van der Waals surface area contributed by atoms with Crippen molar-refractivity contribution in [2.75, 3.05) is 5.32 Å². The van der Waals surface area contributed by atoms with Gasteiger partial charge < -0.3 is 9.84 Å². The zero-order chi connectivity index (χ0) is 18.7. The van der Waals surface area contributed by atoms with Crippen LogP contribution in [0.3, 0.4) is 0 Å². The number of thioether (sulfide) groups is 1. The van der Waals surface area contributed by atoms with Crippen LogP contribution in [-0.2, 0) is 11.2 Å². The molecule has 26 heavy (non-hydrogen) atoms. The summed E-state index contributed by atoms with van der Waals surface area (Å²) in [5, 5.41) is 9.84. The lowest BCUT2D eigenvalue weighted by molar-refractivity contribution is 0.102. The Morgan fingerprint density at radius 3 is 2.58 bits per heavy atom. The lowest BCUT2D eigenvalue weighted by Crippen LogP contribution is -2.12. The standard InChI is InChI=1S/C19H21N3O2S2/c1-12-20-14(10-25-12)11-26-15-7-5-13(6-8-15)18(23)21-17-9-16(24-22-17)19(2,3)4/h5-10H,11H2,1-4H3,(H,21,22,23). The summed E-state index contributed by atoms with van der Waals surface area (Å²) in [6, 6.07) is 9.28. The minimum Gasteiger partial charge on any atom is -0.359 e. The van der Waals surface area contributed by atoms with Crippen molar-refractivity contribution >= 4 is 34.8 Å². The summed E-state index contributed by atoms with van der Waals surface area (Å²) in [6.45, 7) is 8.10. The first kappa shape index (κ1) is 18.7. The molecule has 0 aliphatic heterocycles. The summed E-state index contributed by atoms with van der Waals surface area (Å²) in [5.74, 6) is 1.78. The quantitative estimate of drug-likeness (QED) is 0.603. The highest BCUT2D eigenvalue weighted by Crippen LogP contribution is 2.26. The van der Waals surface area contributed by atoms with E-state index in [4.69, 9.17) is 4.52 Å². The first-order chi connectivity index (χ1) is 12.3. The van der Waals surface area contributed by atoms with Crippen LogP contribution in [0, 0.1) is 6.92 Å². The van der Waals surface area contributed by atoms with Gasteiger partial charge in [-0.3, -0.25) is 4.79 Å². The van der Waals surface area contributed by atoms with Crippen LogP contribution in [0.4, 0.5) is 5.82 Å². The van der Waals surface area contributed by atoms with E-state index in [1.165, 1.54) is 0 Å². The molecule has 1 N–H and O–H groups in total. The summed E-state index contributed by atoms with van der Waals surface area (Å²) in [5.41, 5.74) is 1.52. The zero-order valence-corrected chi connectivity index (χ0v) is 16.8. The second-order valence-corrected chi connectivity index (χ2v) is 9.06. The van der Waals surface area contributed by atoms with Crippen molar-refractivity contribution in [1.29, 1.82) is 0 Å². The largest absolute Gasteiger partial charge is 0.359 e. The topological polar surface area (TPSA) is 68.0 Å². The van der Waals surface area contributed by atoms with Gasteiger partial charge in [-0.1, -0.05) is 25.9 Å². The van der Waals surface area contributed by atoms with Crippen LogP contribution in [0.25, 0.3) is 0 Å². The van der Waals surface area contributed by atoms with Crippen LogP contribution in [0.5, 0.6) is 0 Å². The fourth-order valence-electron chi connectivity index (χ4n) is 2.21. The highest BCUT2D eigenvalue weighted by molar-refractivity contribution is 7.98. The van der Waals surface area contributed by atoms with Gasteiger partial charge in [0, 0.05) is 33.1 Å². The van der Waals surface area contributed by atoms with E-state index in [9.17, 15) is 4.79 Å². The van der Waals surface area contributed by atoms with Gasteiger partial charge in [-0.2, -0.15) is 0 Å². The highest BCUT2D eigenvalue weighted by Gasteiger charge is 2.20. The number of anilines is 1. The van der Waals surface area contributed by atoms with Crippen molar-refractivity contribution < 1.29 is 9.32 Å². The molecule has 0 atom stereocenters. The normalized spacial score (nSPS) is 11.5. The van der Waals surface area contributed by atoms with Gasteiger partial charge in [0.25, 0.3) is 5.91 Å². The molecule has 0 radical (unpaired) electrons. The van der Waals surface area contributed by atoms with Crippen LogP contribution in [0.1, 0.15) is 47.6 Å². The maximum absolute atomic E-state index is 12.4. The average Bonchev–Trinajstić information content (AvgIpc) is 3.22. The molecule has 2 aromatic heterocycles. The summed E-state index contributed by atoms with van der Waals surface area (Å²) in [7, 11) is 0. The third-order valence-electron chi connectivity index (χ3n) is 3.66. The van der Waals surface area contributed by atoms with Gasteiger partial charge in [0.15, 0.2) is 5.82 Å². The lowest BCUT2D eigenvalue weighted by Gasteiger charge is -2.12. The van der Waals surface area contributed by atoms with Gasteiger partial charge in [0.2, 0.25) is 0 Å². The molecule has 3 rings (SSSR count). The second kappa shape index (κ2) is 7.63. The maximum Gasteiger partial charge on any atom is 0.256 e. The minimum absolute atomic E-state index is 0.148. The number of rotatable bonds is 5. The van der Waals surface area contributed by atoms with E-state index in [1.807, 2.05) is 52.0 Å². The Bertz CT molecular complexity index is 892. The number of nitrogens with one attached hydrogen (secondary N) is 1. The first-order valence-electron chi connectivity index (χ1n) is 8.24. The zero-order valence-electron chi connectivity index (χ0n) is 15.2. The number of carbonyl (C=O) groups excluding carboxylic acids is 1. The number of thiazole rings is 1. The molecule has 0 aliphatic carbocycles. The Kier molecular flexibility index (Phi) is 5.48. The SMILES string of the molecule is Cc1nc(CSc2ccc(C(=O)Nc3cc(C(C)(C)C)on3)cc2)cs1. The molecule has 2 heterocycles. The van der Waals surface area contributed by atoms with Crippen LogP contribution < -0.4 is 5.32 Å². The first-order valence-corrected chi connectivity index (χ1v) is 10.1. The van der Waals surface area contributed by atoms with Crippen molar-refractivity contribution in [1.82, 2.24) is 10.1 Å². The van der Waals surface area contributed by atoms with Gasteiger partial charge in [0.05, 0.1) is 10.7 Å². The van der Waals surface area contributed by atoms with E-state index >= 15 is 0 Å². The fourth-order valence-corrected chi connectivity index (χ4v) is 3.72. The maximum atomic E-state index is 12.4. The molecule has 5 nitrogen and oxygen atoms in total. The lowest BCUT2D eigenvalue weighted by atomic mass is 9.93. The third-order valence-corrected chi connectivity index (χ3v) is 5.53. The monoisotopic (exact) mass is 387 g/mol. The van der Waals surface area contributed by atoms with Gasteiger partial charge >= 0.3 is 0 Å². The summed E-state index contributed by atoms with van der Waals surface area (Å²) in [6.07, 6.45) is 0. The van der Waals surface area contributed by atoms with E-state index in [1.54, 1.807) is 29.2 Å². The summed E-state index contributed by atoms with van der Waals surface area (Å²) in [4.78, 5) is 17.9. The smallest absolute Gasteiger partial charge is 0.256 e. The minimum atomic E-state index is -0.203. The highest BCUT2D eigenvalue weighted by atomic mass is 32.2. The average molecular weight is 388 g/mol. The van der Waals surface area contributed by atoms with Crippen molar-refractivity contribution in [2.24, 2.45) is 0 Å². The van der Waals surface area contributed by atoms with Crippen LogP contribution in [0.2, 0.25) is 0 Å². The van der Waals surface area contributed by atoms with Crippen molar-refractivity contribution in [3.05, 3.63) is 57.7 Å². The Morgan fingerprint density at radius 1 is 1.27 bits per heavy atom. The molecule has 7 heteroatoms. The third kappa shape index (κ3) is 4.74. The Morgan fingerprint density at radius 2 is 2.00 bits per heavy atom. The molecule has 136 valence electrons. The van der Waals surface area contributed by atoms with E-state index in [-0.39, 0.29) is 11.3 Å². The second-order valence-electron chi connectivity index (χ2n) is 6.95. The molecule has 0 saturated carbocycles. The molecule has 0 saturated heterocycles. The number of benzene rings is 1. The van der Waals surface area contributed by atoms with Crippen molar-refractivity contribution in [3.63, 3.8) is 0 Å². The van der Waals surface area contributed by atoms with Crippen LogP contribution in [-0.4, -0.2) is 16.0 Å². The molecular formula is C19H21N3O2S2. The van der Waals surface area contributed by atoms with E-state index in [0.717, 1.165) is 27.1 Å². The number of hydrogen-bond acceptors (Lipinski definition) is 6. The summed E-state index contributed by atoms with van der Waals surface area (Å²) < 4.78 is 5.29. The Balaban J connectivity index is 1.59. The number of amides is 1. The molecular weight excluding hydrogens is 366 g/mol. The van der Waals surface area contributed by atoms with Crippen LogP contribution >= 0.6 is 23.1 Å². The number of hydrogen-bond donors (Lipinski definition) is 1. The molecule has 1 amide bonds. The van der Waals surface area contributed by atoms with Crippen LogP contribution in [0.15, 0.2) is 45.1 Å². The molecule has 3 aromatic rings. The molecule has 0 aliphatic rings. The molecule has 0 spiro atoms. The number of aryl methyl sites for hydroxylation is 1. The van der Waals surface area contributed by atoms with Gasteiger partial charge in [0.1, 0.15) is 5.76 Å². The van der Waals surface area contributed by atoms with Gasteiger partial charge in [-0.05, 0) is 31.2 Å². The summed E-state index contributed by atoms with van der Waals surface area (Å²) >= 11 is 3.36. The van der Waals surface area contributed by atoms with E-state index < -0.39 is 0 Å².